The molecule has 21 heavy (non-hydrogen) atoms. The molecule has 0 unspecified atom stereocenters. The minimum Gasteiger partial charge on any atom is -0.493 e. The van der Waals surface area contributed by atoms with Crippen LogP contribution in [0.3, 0.4) is 0 Å². The number of ether oxygens (including phenoxy) is 1. The van der Waals surface area contributed by atoms with E-state index in [-0.39, 0.29) is 22.4 Å². The van der Waals surface area contributed by atoms with Crippen LogP contribution in [-0.4, -0.2) is 17.7 Å². The van der Waals surface area contributed by atoms with Crippen molar-refractivity contribution in [2.45, 2.75) is 13.3 Å². The Labute approximate surface area is 120 Å². The molecule has 110 valence electrons. The molecule has 0 aliphatic rings. The highest BCUT2D eigenvalue weighted by Crippen LogP contribution is 2.29. The lowest BCUT2D eigenvalue weighted by Gasteiger charge is -2.11. The van der Waals surface area contributed by atoms with E-state index < -0.39 is 17.6 Å². The van der Waals surface area contributed by atoms with Crippen molar-refractivity contribution in [2.24, 2.45) is 0 Å². The molecule has 1 N–H and O–H groups in total. The normalized spacial score (nSPS) is 10.4. The summed E-state index contributed by atoms with van der Waals surface area (Å²) in [6, 6.07) is 8.02. The van der Waals surface area contributed by atoms with Gasteiger partial charge in [0.15, 0.2) is 11.6 Å². The van der Waals surface area contributed by atoms with Gasteiger partial charge in [0.2, 0.25) is 0 Å². The molecular formula is C16H14F2O3. The van der Waals surface area contributed by atoms with Crippen molar-refractivity contribution >= 4 is 5.97 Å². The summed E-state index contributed by atoms with van der Waals surface area (Å²) in [5.41, 5.74) is 0.220. The molecule has 0 aromatic heterocycles. The lowest BCUT2D eigenvalue weighted by Crippen LogP contribution is -2.04. The number of hydrogen-bond donors (Lipinski definition) is 1. The second-order valence-corrected chi connectivity index (χ2v) is 4.47. The maximum Gasteiger partial charge on any atom is 0.339 e. The van der Waals surface area contributed by atoms with Gasteiger partial charge in [0.1, 0.15) is 11.3 Å². The number of benzene rings is 2. The molecule has 0 saturated carbocycles. The Morgan fingerprint density at radius 3 is 2.67 bits per heavy atom. The van der Waals surface area contributed by atoms with Gasteiger partial charge in [-0.1, -0.05) is 25.1 Å². The SMILES string of the molecule is CCCOc1ccc(-c2cccc(F)c2F)cc1C(=O)O. The van der Waals surface area contributed by atoms with Crippen LogP contribution in [0.25, 0.3) is 11.1 Å². The van der Waals surface area contributed by atoms with E-state index in [1.54, 1.807) is 0 Å². The monoisotopic (exact) mass is 292 g/mol. The average Bonchev–Trinajstić information content (AvgIpc) is 2.48. The lowest BCUT2D eigenvalue weighted by molar-refractivity contribution is 0.0692. The standard InChI is InChI=1S/C16H14F2O3/c1-2-8-21-14-7-6-10(9-12(14)16(19)20)11-4-3-5-13(17)15(11)18/h3-7,9H,2,8H2,1H3,(H,19,20). The van der Waals surface area contributed by atoms with Gasteiger partial charge in [-0.15, -0.1) is 0 Å². The van der Waals surface area contributed by atoms with Gasteiger partial charge in [0, 0.05) is 5.56 Å². The van der Waals surface area contributed by atoms with Crippen LogP contribution in [0.1, 0.15) is 23.7 Å². The van der Waals surface area contributed by atoms with E-state index in [1.165, 1.54) is 30.3 Å². The molecule has 5 heteroatoms. The fourth-order valence-electron chi connectivity index (χ4n) is 1.93. The highest BCUT2D eigenvalue weighted by atomic mass is 19.2. The molecule has 0 amide bonds. The van der Waals surface area contributed by atoms with Crippen LogP contribution >= 0.6 is 0 Å². The van der Waals surface area contributed by atoms with Gasteiger partial charge in [-0.25, -0.2) is 13.6 Å². The summed E-state index contributed by atoms with van der Waals surface area (Å²) in [5.74, 6) is -2.95. The molecule has 3 nitrogen and oxygen atoms in total. The third-order valence-corrected chi connectivity index (χ3v) is 2.93. The van der Waals surface area contributed by atoms with Gasteiger partial charge in [0.05, 0.1) is 6.61 Å². The van der Waals surface area contributed by atoms with Crippen LogP contribution in [0.5, 0.6) is 5.75 Å². The average molecular weight is 292 g/mol. The Hall–Kier alpha value is -2.43. The van der Waals surface area contributed by atoms with Crippen molar-refractivity contribution in [2.75, 3.05) is 6.61 Å². The van der Waals surface area contributed by atoms with E-state index in [4.69, 9.17) is 4.74 Å². The van der Waals surface area contributed by atoms with Crippen LogP contribution in [0.15, 0.2) is 36.4 Å². The number of carboxylic acids is 1. The summed E-state index contributed by atoms with van der Waals surface area (Å²) in [5, 5.41) is 9.21. The second-order valence-electron chi connectivity index (χ2n) is 4.47. The Morgan fingerprint density at radius 1 is 1.24 bits per heavy atom. The summed E-state index contributed by atoms with van der Waals surface area (Å²) >= 11 is 0. The van der Waals surface area contributed by atoms with Crippen LogP contribution in [0.4, 0.5) is 8.78 Å². The van der Waals surface area contributed by atoms with Gasteiger partial charge in [0.25, 0.3) is 0 Å². The predicted octanol–water partition coefficient (Wildman–Crippen LogP) is 4.12. The predicted molar refractivity (Wildman–Crippen MR) is 74.5 cm³/mol. The van der Waals surface area contributed by atoms with Crippen LogP contribution in [0, 0.1) is 11.6 Å². The highest BCUT2D eigenvalue weighted by molar-refractivity contribution is 5.92. The number of rotatable bonds is 5. The fraction of sp³-hybridized carbons (Fsp3) is 0.188. The van der Waals surface area contributed by atoms with Crippen LogP contribution < -0.4 is 4.74 Å². The minimum atomic E-state index is -1.18. The first-order chi connectivity index (χ1) is 10.0. The molecule has 0 heterocycles. The van der Waals surface area contributed by atoms with Crippen molar-refractivity contribution in [3.63, 3.8) is 0 Å². The topological polar surface area (TPSA) is 46.5 Å². The molecule has 0 atom stereocenters. The zero-order chi connectivity index (χ0) is 15.4. The number of hydrogen-bond acceptors (Lipinski definition) is 2. The van der Waals surface area contributed by atoms with E-state index in [1.807, 2.05) is 6.92 Å². The smallest absolute Gasteiger partial charge is 0.339 e. The molecule has 0 fully saturated rings. The van der Waals surface area contributed by atoms with Gasteiger partial charge in [-0.05, 0) is 30.2 Å². The quantitative estimate of drug-likeness (QED) is 0.901. The van der Waals surface area contributed by atoms with Crippen molar-refractivity contribution in [1.82, 2.24) is 0 Å². The van der Waals surface area contributed by atoms with Crippen molar-refractivity contribution < 1.29 is 23.4 Å². The van der Waals surface area contributed by atoms with E-state index in [2.05, 4.69) is 0 Å². The molecule has 2 rings (SSSR count). The summed E-state index contributed by atoms with van der Waals surface area (Å²) in [6.45, 7) is 2.28. The zero-order valence-electron chi connectivity index (χ0n) is 11.4. The number of halogens is 2. The number of carboxylic acid groups (broad SMARTS) is 1. The first-order valence-corrected chi connectivity index (χ1v) is 6.49. The first kappa shape index (κ1) is 15.0. The van der Waals surface area contributed by atoms with Gasteiger partial charge in [-0.3, -0.25) is 0 Å². The summed E-state index contributed by atoms with van der Waals surface area (Å²) in [7, 11) is 0. The van der Waals surface area contributed by atoms with Gasteiger partial charge >= 0.3 is 5.97 Å². The molecule has 0 aliphatic carbocycles. The first-order valence-electron chi connectivity index (χ1n) is 6.49. The van der Waals surface area contributed by atoms with Gasteiger partial charge < -0.3 is 9.84 Å². The lowest BCUT2D eigenvalue weighted by atomic mass is 10.0. The van der Waals surface area contributed by atoms with E-state index in [0.29, 0.717) is 6.61 Å². The molecule has 0 spiro atoms. The largest absolute Gasteiger partial charge is 0.493 e. The summed E-state index contributed by atoms with van der Waals surface area (Å²) in [6.07, 6.45) is 0.735. The van der Waals surface area contributed by atoms with Crippen LogP contribution in [-0.2, 0) is 0 Å². The highest BCUT2D eigenvalue weighted by Gasteiger charge is 2.16. The van der Waals surface area contributed by atoms with Crippen LogP contribution in [0.2, 0.25) is 0 Å². The third-order valence-electron chi connectivity index (χ3n) is 2.93. The van der Waals surface area contributed by atoms with E-state index in [9.17, 15) is 18.7 Å². The number of aromatic carboxylic acids is 1. The molecule has 2 aromatic rings. The fourth-order valence-corrected chi connectivity index (χ4v) is 1.93. The maximum absolute atomic E-state index is 13.8. The Balaban J connectivity index is 2.49. The van der Waals surface area contributed by atoms with Crippen molar-refractivity contribution in [1.29, 1.82) is 0 Å². The third kappa shape index (κ3) is 3.18. The van der Waals surface area contributed by atoms with Gasteiger partial charge in [-0.2, -0.15) is 0 Å². The second kappa shape index (κ2) is 6.35. The van der Waals surface area contributed by atoms with Crippen molar-refractivity contribution in [3.05, 3.63) is 53.6 Å². The number of carbonyl (C=O) groups is 1. The summed E-state index contributed by atoms with van der Waals surface area (Å²) < 4.78 is 32.4. The maximum atomic E-state index is 13.8. The molecule has 0 aliphatic heterocycles. The van der Waals surface area contributed by atoms with Crippen molar-refractivity contribution in [3.8, 4) is 16.9 Å². The zero-order valence-corrected chi connectivity index (χ0v) is 11.4. The minimum absolute atomic E-state index is 0.0135. The Morgan fingerprint density at radius 2 is 2.00 bits per heavy atom. The summed E-state index contributed by atoms with van der Waals surface area (Å²) in [4.78, 5) is 11.3. The Bertz CT molecular complexity index is 669. The van der Waals surface area contributed by atoms with E-state index in [0.717, 1.165) is 12.5 Å². The van der Waals surface area contributed by atoms with E-state index >= 15 is 0 Å². The molecule has 0 radical (unpaired) electrons. The molecule has 0 bridgehead atoms. The molecular weight excluding hydrogens is 278 g/mol. The molecule has 0 saturated heterocycles. The Kier molecular flexibility index (Phi) is 4.52. The molecule has 2 aromatic carbocycles.